The molecule has 0 saturated carbocycles. The summed E-state index contributed by atoms with van der Waals surface area (Å²) in [5, 5.41) is 10.2. The van der Waals surface area contributed by atoms with Crippen molar-refractivity contribution in [1.82, 2.24) is 0 Å². The molecular formula is C34H39I2N2O5S+. The van der Waals surface area contributed by atoms with Crippen molar-refractivity contribution in [2.24, 2.45) is 0 Å². The van der Waals surface area contributed by atoms with E-state index in [0.717, 1.165) is 18.5 Å². The van der Waals surface area contributed by atoms with E-state index in [1.807, 2.05) is 62.1 Å². The molecule has 2 N–H and O–H groups in total. The molecule has 2 aliphatic heterocycles. The van der Waals surface area contributed by atoms with Gasteiger partial charge in [0.15, 0.2) is 5.71 Å². The highest BCUT2D eigenvalue weighted by atomic mass is 127. The van der Waals surface area contributed by atoms with Crippen molar-refractivity contribution < 1.29 is 27.4 Å². The van der Waals surface area contributed by atoms with Crippen molar-refractivity contribution in [1.29, 1.82) is 0 Å². The molecule has 2 aromatic rings. The van der Waals surface area contributed by atoms with Gasteiger partial charge in [-0.15, -0.1) is 0 Å². The molecule has 0 amide bonds. The molecule has 2 aromatic carbocycles. The molecular weight excluding hydrogens is 802 g/mol. The summed E-state index contributed by atoms with van der Waals surface area (Å²) in [5.74, 6) is -0.940. The van der Waals surface area contributed by atoms with Crippen LogP contribution in [0.4, 0.5) is 11.4 Å². The zero-order valence-electron chi connectivity index (χ0n) is 25.8. The van der Waals surface area contributed by atoms with Crippen molar-refractivity contribution in [3.05, 3.63) is 96.8 Å². The van der Waals surface area contributed by atoms with Crippen LogP contribution in [0.5, 0.6) is 0 Å². The average Bonchev–Trinajstić information content (AvgIpc) is 3.25. The lowest BCUT2D eigenvalue weighted by molar-refractivity contribution is -0.401. The number of allylic oxidation sites excluding steroid dienone is 8. The summed E-state index contributed by atoms with van der Waals surface area (Å²) in [4.78, 5) is 14.1. The summed E-state index contributed by atoms with van der Waals surface area (Å²) in [5.41, 5.74) is 4.97. The molecule has 2 heterocycles. The molecule has 1 unspecified atom stereocenters. The number of carboxylic acid groups (broad SMARTS) is 1. The van der Waals surface area contributed by atoms with E-state index in [1.54, 1.807) is 6.07 Å². The van der Waals surface area contributed by atoms with Gasteiger partial charge in [0, 0.05) is 36.1 Å². The summed E-state index contributed by atoms with van der Waals surface area (Å²) in [6, 6.07) is 7.99. The lowest BCUT2D eigenvalue weighted by Gasteiger charge is -2.31. The van der Waals surface area contributed by atoms with Crippen LogP contribution in [0.1, 0.15) is 65.0 Å². The Morgan fingerprint density at radius 2 is 1.68 bits per heavy atom. The van der Waals surface area contributed by atoms with Gasteiger partial charge in [-0.3, -0.25) is 4.55 Å². The van der Waals surface area contributed by atoms with Gasteiger partial charge >= 0.3 is 5.97 Å². The van der Waals surface area contributed by atoms with Gasteiger partial charge in [0.2, 0.25) is 5.69 Å². The van der Waals surface area contributed by atoms with E-state index in [4.69, 9.17) is 0 Å². The first kappa shape index (κ1) is 34.6. The van der Waals surface area contributed by atoms with Crippen LogP contribution in [0.15, 0.2) is 83.5 Å². The second-order valence-corrected chi connectivity index (χ2v) is 16.0. The predicted molar refractivity (Wildman–Crippen MR) is 194 cm³/mol. The summed E-state index contributed by atoms with van der Waals surface area (Å²) < 4.78 is 38.2. The smallest absolute Gasteiger partial charge is 0.326 e. The van der Waals surface area contributed by atoms with Gasteiger partial charge in [-0.2, -0.15) is 13.0 Å². The van der Waals surface area contributed by atoms with Gasteiger partial charge in [-0.05, 0) is 101 Å². The van der Waals surface area contributed by atoms with Crippen LogP contribution in [0.2, 0.25) is 0 Å². The third-order valence-corrected chi connectivity index (χ3v) is 10.8. The summed E-state index contributed by atoms with van der Waals surface area (Å²) in [6.45, 7) is 10.4. The Hall–Kier alpha value is -2.29. The van der Waals surface area contributed by atoms with E-state index >= 15 is 0 Å². The topological polar surface area (TPSA) is 97.9 Å². The number of hydrogen-bond donors (Lipinski definition) is 2. The highest BCUT2D eigenvalue weighted by Crippen LogP contribution is 2.50. The van der Waals surface area contributed by atoms with E-state index in [2.05, 4.69) is 88.9 Å². The van der Waals surface area contributed by atoms with Gasteiger partial charge in [0.05, 0.1) is 15.9 Å². The monoisotopic (exact) mass is 841 g/mol. The first-order chi connectivity index (χ1) is 20.5. The standard InChI is InChI=1S/C34H38I2N2O5S/c1-7-8-14-27(32(39)40)38-26-18-17-23(44(41,42)43)21-24(26)33(2,3)30(38)16-13-11-9-10-12-15-29-34(4,5)31-25(36)19-22(35)20-28(31)37(29)6/h9-13,15-21,27H,7-8,14H2,1-6H3,(H-,39,40,41,42,43)/p+1. The van der Waals surface area contributed by atoms with Crippen LogP contribution in [-0.2, 0) is 25.7 Å². The number of carbonyl (C=O) groups is 1. The van der Waals surface area contributed by atoms with Crippen LogP contribution in [0.3, 0.4) is 0 Å². The van der Waals surface area contributed by atoms with Gasteiger partial charge in [0.25, 0.3) is 10.1 Å². The molecule has 0 fully saturated rings. The number of hydrogen-bond acceptors (Lipinski definition) is 4. The van der Waals surface area contributed by atoms with Crippen LogP contribution in [0, 0.1) is 7.14 Å². The minimum absolute atomic E-state index is 0.129. The number of unbranched alkanes of at least 4 members (excludes halogenated alkanes) is 1. The van der Waals surface area contributed by atoms with E-state index in [9.17, 15) is 22.9 Å². The number of fused-ring (bicyclic) bond motifs is 2. The molecule has 10 heteroatoms. The molecule has 1 atom stereocenters. The zero-order valence-corrected chi connectivity index (χ0v) is 30.9. The molecule has 4 rings (SSSR count). The first-order valence-electron chi connectivity index (χ1n) is 14.5. The Morgan fingerprint density at radius 1 is 1.02 bits per heavy atom. The molecule has 2 aliphatic rings. The largest absolute Gasteiger partial charge is 0.480 e. The quantitative estimate of drug-likeness (QED) is 0.109. The number of carboxylic acids is 1. The Bertz CT molecular complexity index is 1750. The number of anilines is 1. The van der Waals surface area contributed by atoms with E-state index in [1.165, 1.54) is 36.2 Å². The van der Waals surface area contributed by atoms with Crippen molar-refractivity contribution in [3.8, 4) is 0 Å². The van der Waals surface area contributed by atoms with Gasteiger partial charge in [0.1, 0.15) is 13.1 Å². The molecule has 7 nitrogen and oxygen atoms in total. The maximum absolute atomic E-state index is 12.5. The highest BCUT2D eigenvalue weighted by molar-refractivity contribution is 14.1. The summed E-state index contributed by atoms with van der Waals surface area (Å²) in [7, 11) is -2.31. The number of benzene rings is 2. The molecule has 44 heavy (non-hydrogen) atoms. The van der Waals surface area contributed by atoms with Crippen LogP contribution in [-0.4, -0.2) is 47.4 Å². The fraction of sp³-hybridized carbons (Fsp3) is 0.353. The fourth-order valence-electron chi connectivity index (χ4n) is 6.27. The fourth-order valence-corrected chi connectivity index (χ4v) is 9.26. The Morgan fingerprint density at radius 3 is 2.32 bits per heavy atom. The zero-order chi connectivity index (χ0) is 32.6. The Balaban J connectivity index is 1.64. The van der Waals surface area contributed by atoms with E-state index < -0.39 is 27.5 Å². The van der Waals surface area contributed by atoms with Gasteiger partial charge < -0.3 is 10.0 Å². The molecule has 0 radical (unpaired) electrons. The van der Waals surface area contributed by atoms with E-state index in [-0.39, 0.29) is 10.3 Å². The van der Waals surface area contributed by atoms with Crippen molar-refractivity contribution >= 4 is 78.4 Å². The second-order valence-electron chi connectivity index (χ2n) is 12.2. The highest BCUT2D eigenvalue weighted by Gasteiger charge is 2.46. The van der Waals surface area contributed by atoms with E-state index in [0.29, 0.717) is 17.7 Å². The van der Waals surface area contributed by atoms with Crippen LogP contribution < -0.4 is 4.90 Å². The van der Waals surface area contributed by atoms with Crippen LogP contribution >= 0.6 is 45.2 Å². The number of nitrogens with zero attached hydrogens (tertiary/aromatic N) is 2. The molecule has 0 spiro atoms. The molecule has 234 valence electrons. The maximum atomic E-state index is 12.5. The molecule has 0 bridgehead atoms. The normalized spacial score (nSPS) is 19.1. The lowest BCUT2D eigenvalue weighted by atomic mass is 9.81. The Kier molecular flexibility index (Phi) is 10.4. The second kappa shape index (κ2) is 13.2. The predicted octanol–water partition coefficient (Wildman–Crippen LogP) is 8.14. The van der Waals surface area contributed by atoms with Crippen molar-refractivity contribution in [2.45, 2.75) is 75.6 Å². The molecule has 0 saturated heterocycles. The first-order valence-corrected chi connectivity index (χ1v) is 18.1. The Labute approximate surface area is 288 Å². The van der Waals surface area contributed by atoms with Crippen molar-refractivity contribution in [2.75, 3.05) is 11.9 Å². The number of rotatable bonds is 10. The average molecular weight is 842 g/mol. The molecule has 0 aromatic heterocycles. The third kappa shape index (κ3) is 6.63. The minimum Gasteiger partial charge on any atom is -0.480 e. The van der Waals surface area contributed by atoms with Gasteiger partial charge in [-0.1, -0.05) is 64.0 Å². The maximum Gasteiger partial charge on any atom is 0.326 e. The summed E-state index contributed by atoms with van der Waals surface area (Å²) >= 11 is 4.79. The number of halogens is 2. The minimum atomic E-state index is -4.42. The third-order valence-electron chi connectivity index (χ3n) is 8.50. The molecule has 0 aliphatic carbocycles. The lowest BCUT2D eigenvalue weighted by Crippen LogP contribution is -2.41. The number of aliphatic carboxylic acids is 1. The van der Waals surface area contributed by atoms with Crippen LogP contribution in [0.25, 0.3) is 0 Å². The summed E-state index contributed by atoms with van der Waals surface area (Å²) in [6.07, 6.45) is 15.8. The SMILES string of the molecule is CCCCC(C(=O)O)N1\C(=C/C=C/C=C/C=C/C2=[N+](C)c3cc(I)cc(I)c3C2(C)C)C(C)(C)c2cc(S(=O)(=O)O)ccc21. The van der Waals surface area contributed by atoms with Gasteiger partial charge in [-0.25, -0.2) is 4.79 Å². The van der Waals surface area contributed by atoms with Crippen molar-refractivity contribution in [3.63, 3.8) is 0 Å².